The zero-order chi connectivity index (χ0) is 19.8. The van der Waals surface area contributed by atoms with Crippen molar-refractivity contribution < 1.29 is 9.18 Å². The van der Waals surface area contributed by atoms with Gasteiger partial charge < -0.3 is 10.2 Å². The van der Waals surface area contributed by atoms with E-state index in [9.17, 15) is 9.18 Å². The molecule has 1 unspecified atom stereocenters. The number of hydrogen-bond acceptors (Lipinski definition) is 3. The van der Waals surface area contributed by atoms with Gasteiger partial charge >= 0.3 is 0 Å². The molecule has 0 fully saturated rings. The molecule has 0 saturated carbocycles. The molecule has 1 atom stereocenters. The second-order valence-corrected chi connectivity index (χ2v) is 7.32. The van der Waals surface area contributed by atoms with Crippen LogP contribution < -0.4 is 5.32 Å². The molecule has 0 spiro atoms. The molecular weight excluding hydrogens is 353 g/mol. The Bertz CT molecular complexity index is 1020. The molecule has 1 aliphatic heterocycles. The van der Waals surface area contributed by atoms with Crippen LogP contribution in [0.3, 0.4) is 0 Å². The quantitative estimate of drug-likeness (QED) is 0.704. The number of carbonyl (C=O) groups excluding carboxylic acids is 1. The van der Waals surface area contributed by atoms with Gasteiger partial charge in [-0.3, -0.25) is 9.78 Å². The number of pyridine rings is 1. The minimum atomic E-state index is -0.381. The summed E-state index contributed by atoms with van der Waals surface area (Å²) in [6, 6.07) is 14.1. The maximum atomic E-state index is 13.3. The van der Waals surface area contributed by atoms with Crippen LogP contribution in [0.5, 0.6) is 0 Å². The predicted molar refractivity (Wildman–Crippen MR) is 108 cm³/mol. The van der Waals surface area contributed by atoms with E-state index in [1.165, 1.54) is 17.7 Å². The Morgan fingerprint density at radius 1 is 1.07 bits per heavy atom. The van der Waals surface area contributed by atoms with Gasteiger partial charge in [0.1, 0.15) is 12.0 Å². The Hall–Kier alpha value is -3.21. The van der Waals surface area contributed by atoms with E-state index in [0.717, 1.165) is 22.4 Å². The summed E-state index contributed by atoms with van der Waals surface area (Å²) in [4.78, 5) is 19.3. The lowest BCUT2D eigenvalue weighted by molar-refractivity contribution is 0.0727. The molecule has 3 aromatic rings. The summed E-state index contributed by atoms with van der Waals surface area (Å²) in [5, 5.41) is 3.54. The lowest BCUT2D eigenvalue weighted by Gasteiger charge is -2.28. The number of nitrogens with one attached hydrogen (secondary N) is 1. The van der Waals surface area contributed by atoms with Crippen molar-refractivity contribution in [1.29, 1.82) is 0 Å². The Kier molecular flexibility index (Phi) is 4.59. The number of carbonyl (C=O) groups is 1. The zero-order valence-corrected chi connectivity index (χ0v) is 16.2. The summed E-state index contributed by atoms with van der Waals surface area (Å²) >= 11 is 0. The van der Waals surface area contributed by atoms with Crippen LogP contribution in [0.25, 0.3) is 0 Å². The van der Waals surface area contributed by atoms with Gasteiger partial charge in [0, 0.05) is 18.4 Å². The third-order valence-corrected chi connectivity index (χ3v) is 5.12. The molecule has 5 heteroatoms. The van der Waals surface area contributed by atoms with Gasteiger partial charge in [-0.05, 0) is 61.7 Å². The third kappa shape index (κ3) is 3.24. The number of anilines is 1. The Labute approximate surface area is 164 Å². The number of rotatable bonds is 4. The van der Waals surface area contributed by atoms with Gasteiger partial charge in [0.15, 0.2) is 0 Å². The highest BCUT2D eigenvalue weighted by Crippen LogP contribution is 2.36. The summed E-state index contributed by atoms with van der Waals surface area (Å²) in [7, 11) is 0. The van der Waals surface area contributed by atoms with Crippen LogP contribution in [0.1, 0.15) is 44.5 Å². The molecule has 0 aliphatic carbocycles. The van der Waals surface area contributed by atoms with Crippen LogP contribution in [-0.2, 0) is 6.54 Å². The van der Waals surface area contributed by atoms with Crippen molar-refractivity contribution in [1.82, 2.24) is 9.88 Å². The summed E-state index contributed by atoms with van der Waals surface area (Å²) in [6.45, 7) is 6.56. The van der Waals surface area contributed by atoms with Gasteiger partial charge in [-0.1, -0.05) is 29.8 Å². The van der Waals surface area contributed by atoms with Crippen molar-refractivity contribution in [2.24, 2.45) is 0 Å². The first kappa shape index (κ1) is 18.2. The number of aryl methyl sites for hydroxylation is 3. The molecule has 0 bridgehead atoms. The van der Waals surface area contributed by atoms with E-state index in [0.29, 0.717) is 17.8 Å². The number of benzene rings is 2. The normalized spacial score (nSPS) is 15.6. The van der Waals surface area contributed by atoms with Crippen molar-refractivity contribution in [2.75, 3.05) is 5.32 Å². The summed E-state index contributed by atoms with van der Waals surface area (Å²) in [6.07, 6.45) is 1.32. The maximum absolute atomic E-state index is 13.3. The van der Waals surface area contributed by atoms with Gasteiger partial charge in [-0.2, -0.15) is 0 Å². The fourth-order valence-corrected chi connectivity index (χ4v) is 3.88. The van der Waals surface area contributed by atoms with E-state index in [4.69, 9.17) is 0 Å². The van der Waals surface area contributed by atoms with Crippen LogP contribution in [0, 0.1) is 26.6 Å². The van der Waals surface area contributed by atoms with Gasteiger partial charge in [0.25, 0.3) is 5.91 Å². The van der Waals surface area contributed by atoms with Crippen LogP contribution >= 0.6 is 0 Å². The van der Waals surface area contributed by atoms with Gasteiger partial charge in [0.2, 0.25) is 0 Å². The molecule has 0 saturated heterocycles. The van der Waals surface area contributed by atoms with Crippen molar-refractivity contribution in [3.63, 3.8) is 0 Å². The van der Waals surface area contributed by atoms with Crippen LogP contribution in [-0.4, -0.2) is 15.8 Å². The number of fused-ring (bicyclic) bond motifs is 1. The van der Waals surface area contributed by atoms with E-state index in [1.807, 2.05) is 0 Å². The first-order valence-electron chi connectivity index (χ1n) is 9.29. The summed E-state index contributed by atoms with van der Waals surface area (Å²) in [5.74, 6) is -0.366. The van der Waals surface area contributed by atoms with E-state index in [1.54, 1.807) is 35.4 Å². The predicted octanol–water partition coefficient (Wildman–Crippen LogP) is 4.91. The van der Waals surface area contributed by atoms with Crippen molar-refractivity contribution in [2.45, 2.75) is 33.5 Å². The highest BCUT2D eigenvalue weighted by atomic mass is 19.1. The molecule has 4 rings (SSSR count). The zero-order valence-electron chi connectivity index (χ0n) is 16.2. The second-order valence-electron chi connectivity index (χ2n) is 7.32. The van der Waals surface area contributed by atoms with E-state index >= 15 is 0 Å². The molecule has 4 nitrogen and oxygen atoms in total. The SMILES string of the molecule is Cc1cc(C)c(NC2c3ncccc3C(=O)N2Cc2ccc(F)cc2)c(C)c1. The Morgan fingerprint density at radius 3 is 2.43 bits per heavy atom. The third-order valence-electron chi connectivity index (χ3n) is 5.12. The first-order valence-corrected chi connectivity index (χ1v) is 9.29. The first-order chi connectivity index (χ1) is 13.4. The number of aromatic nitrogens is 1. The van der Waals surface area contributed by atoms with Crippen LogP contribution in [0.15, 0.2) is 54.7 Å². The lowest BCUT2D eigenvalue weighted by atomic mass is 10.0. The molecular formula is C23H22FN3O. The fourth-order valence-electron chi connectivity index (χ4n) is 3.88. The molecule has 142 valence electrons. The van der Waals surface area contributed by atoms with Gasteiger partial charge in [0.05, 0.1) is 11.3 Å². The minimum absolute atomic E-state index is 0.0765. The number of hydrogen-bond donors (Lipinski definition) is 1. The van der Waals surface area contributed by atoms with Crippen molar-refractivity contribution >= 4 is 11.6 Å². The monoisotopic (exact) mass is 375 g/mol. The maximum Gasteiger partial charge on any atom is 0.258 e. The van der Waals surface area contributed by atoms with Crippen LogP contribution in [0.2, 0.25) is 0 Å². The molecule has 2 aromatic carbocycles. The molecule has 0 radical (unpaired) electrons. The smallest absolute Gasteiger partial charge is 0.258 e. The Balaban J connectivity index is 1.73. The molecule has 1 amide bonds. The van der Waals surface area contributed by atoms with E-state index in [2.05, 4.69) is 43.2 Å². The highest BCUT2D eigenvalue weighted by molar-refractivity contribution is 5.99. The summed E-state index contributed by atoms with van der Waals surface area (Å²) in [5.41, 5.74) is 6.63. The summed E-state index contributed by atoms with van der Waals surface area (Å²) < 4.78 is 13.3. The van der Waals surface area contributed by atoms with Gasteiger partial charge in [-0.25, -0.2) is 4.39 Å². The molecule has 1 N–H and O–H groups in total. The number of nitrogens with zero attached hydrogens (tertiary/aromatic N) is 2. The lowest BCUT2D eigenvalue weighted by Crippen LogP contribution is -2.32. The number of halogens is 1. The van der Waals surface area contributed by atoms with Crippen molar-refractivity contribution in [3.8, 4) is 0 Å². The van der Waals surface area contributed by atoms with E-state index in [-0.39, 0.29) is 17.9 Å². The fraction of sp³-hybridized carbons (Fsp3) is 0.217. The largest absolute Gasteiger partial charge is 0.360 e. The minimum Gasteiger partial charge on any atom is -0.360 e. The second kappa shape index (κ2) is 7.08. The number of amides is 1. The Morgan fingerprint density at radius 2 is 1.75 bits per heavy atom. The molecule has 2 heterocycles. The molecule has 1 aliphatic rings. The highest BCUT2D eigenvalue weighted by Gasteiger charge is 2.38. The average molecular weight is 375 g/mol. The topological polar surface area (TPSA) is 45.2 Å². The standard InChI is InChI=1S/C23H22FN3O/c1-14-11-15(2)20(16(3)12-14)26-22-21-19(5-4-10-25-21)23(28)27(22)13-17-6-8-18(24)9-7-17/h4-12,22,26H,13H2,1-3H3. The molecule has 1 aromatic heterocycles. The van der Waals surface area contributed by atoms with Crippen LogP contribution in [0.4, 0.5) is 10.1 Å². The van der Waals surface area contributed by atoms with Crippen molar-refractivity contribution in [3.05, 3.63) is 94.1 Å². The van der Waals surface area contributed by atoms with E-state index < -0.39 is 0 Å². The van der Waals surface area contributed by atoms with Gasteiger partial charge in [-0.15, -0.1) is 0 Å². The molecule has 28 heavy (non-hydrogen) atoms. The average Bonchev–Trinajstić information content (AvgIpc) is 2.92.